The number of rotatable bonds is 6. The molecule has 10 nitrogen and oxygen atoms in total. The lowest BCUT2D eigenvalue weighted by molar-refractivity contribution is -0.117. The van der Waals surface area contributed by atoms with Gasteiger partial charge in [0.25, 0.3) is 0 Å². The molecule has 1 aromatic heterocycles. The molecule has 32 heavy (non-hydrogen) atoms. The molecule has 2 aromatic carbocycles. The molecule has 1 saturated heterocycles. The van der Waals surface area contributed by atoms with E-state index in [2.05, 4.69) is 10.4 Å². The Morgan fingerprint density at radius 3 is 2.56 bits per heavy atom. The number of carbonyl (C=O) groups is 1. The van der Waals surface area contributed by atoms with Gasteiger partial charge in [-0.2, -0.15) is 8.99 Å². The summed E-state index contributed by atoms with van der Waals surface area (Å²) in [6, 6.07) is 11.0. The maximum absolute atomic E-state index is 13.1. The van der Waals surface area contributed by atoms with Crippen molar-refractivity contribution in [3.05, 3.63) is 64.9 Å². The number of aromatic nitrogens is 2. The van der Waals surface area contributed by atoms with Gasteiger partial charge in [-0.05, 0) is 42.5 Å². The first-order valence-electron chi connectivity index (χ1n) is 9.65. The van der Waals surface area contributed by atoms with Gasteiger partial charge in [-0.25, -0.2) is 17.6 Å². The quantitative estimate of drug-likeness (QED) is 0.586. The third-order valence-corrected chi connectivity index (χ3v) is 6.61. The van der Waals surface area contributed by atoms with Crippen molar-refractivity contribution in [1.82, 2.24) is 14.1 Å². The van der Waals surface area contributed by atoms with Crippen LogP contribution in [0.2, 0.25) is 0 Å². The van der Waals surface area contributed by atoms with Crippen LogP contribution in [0.3, 0.4) is 0 Å². The van der Waals surface area contributed by atoms with E-state index in [0.717, 1.165) is 4.68 Å². The van der Waals surface area contributed by atoms with E-state index in [-0.39, 0.29) is 29.6 Å². The van der Waals surface area contributed by atoms with E-state index in [4.69, 9.17) is 9.15 Å². The summed E-state index contributed by atoms with van der Waals surface area (Å²) in [5, 5.41) is 6.50. The van der Waals surface area contributed by atoms with E-state index in [9.17, 15) is 22.4 Å². The summed E-state index contributed by atoms with van der Waals surface area (Å²) in [5.74, 6) is -1.97. The number of anilines is 1. The Hall–Kier alpha value is -3.35. The second-order valence-electron chi connectivity index (χ2n) is 6.93. The van der Waals surface area contributed by atoms with Gasteiger partial charge in [-0.1, -0.05) is 6.07 Å². The molecule has 0 saturated carbocycles. The number of benzene rings is 2. The van der Waals surface area contributed by atoms with Gasteiger partial charge < -0.3 is 14.5 Å². The molecule has 0 bridgehead atoms. The average Bonchev–Trinajstić information content (AvgIpc) is 3.15. The molecule has 0 aliphatic carbocycles. The van der Waals surface area contributed by atoms with Gasteiger partial charge in [0.2, 0.25) is 21.8 Å². The topological polar surface area (TPSA) is 124 Å². The normalized spacial score (nSPS) is 14.9. The third-order valence-electron chi connectivity index (χ3n) is 4.72. The van der Waals surface area contributed by atoms with Crippen LogP contribution >= 0.6 is 0 Å². The SMILES string of the molecule is O=C(Cn1nc(-c2ccc(F)cc2)oc1=O)Nc1cccc(S(=O)(=O)N2CCOCC2)c1. The van der Waals surface area contributed by atoms with Crippen molar-refractivity contribution in [3.63, 3.8) is 0 Å². The number of nitrogens with one attached hydrogen (secondary N) is 1. The second kappa shape index (κ2) is 9.02. The Labute approximate surface area is 182 Å². The lowest BCUT2D eigenvalue weighted by Crippen LogP contribution is -2.40. The molecule has 12 heteroatoms. The fourth-order valence-electron chi connectivity index (χ4n) is 3.12. The summed E-state index contributed by atoms with van der Waals surface area (Å²) < 4.78 is 51.0. The summed E-state index contributed by atoms with van der Waals surface area (Å²) in [7, 11) is -3.72. The Morgan fingerprint density at radius 1 is 1.12 bits per heavy atom. The molecule has 0 spiro atoms. The zero-order valence-corrected chi connectivity index (χ0v) is 17.5. The number of morpholine rings is 1. The monoisotopic (exact) mass is 462 g/mol. The number of hydrogen-bond acceptors (Lipinski definition) is 7. The fraction of sp³-hybridized carbons (Fsp3) is 0.250. The Bertz CT molecular complexity index is 1280. The molecule has 4 rings (SSSR count). The highest BCUT2D eigenvalue weighted by atomic mass is 32.2. The van der Waals surface area contributed by atoms with Crippen molar-refractivity contribution in [2.45, 2.75) is 11.4 Å². The van der Waals surface area contributed by atoms with E-state index in [1.54, 1.807) is 0 Å². The number of hydrogen-bond donors (Lipinski definition) is 1. The van der Waals surface area contributed by atoms with Gasteiger partial charge in [0.05, 0.1) is 18.1 Å². The smallest absolute Gasteiger partial charge is 0.388 e. The molecule has 0 radical (unpaired) electrons. The molecule has 0 unspecified atom stereocenters. The number of amides is 1. The molecular weight excluding hydrogens is 443 g/mol. The molecule has 168 valence electrons. The highest BCUT2D eigenvalue weighted by Crippen LogP contribution is 2.21. The van der Waals surface area contributed by atoms with E-state index in [1.807, 2.05) is 0 Å². The average molecular weight is 462 g/mol. The molecule has 1 aliphatic rings. The van der Waals surface area contributed by atoms with Crippen molar-refractivity contribution in [3.8, 4) is 11.5 Å². The molecule has 2 heterocycles. The van der Waals surface area contributed by atoms with E-state index < -0.39 is 34.0 Å². The summed E-state index contributed by atoms with van der Waals surface area (Å²) in [6.45, 7) is 0.697. The number of ether oxygens (including phenoxy) is 1. The Balaban J connectivity index is 1.46. The highest BCUT2D eigenvalue weighted by molar-refractivity contribution is 7.89. The van der Waals surface area contributed by atoms with Crippen LogP contribution in [0.4, 0.5) is 10.1 Å². The van der Waals surface area contributed by atoms with Crippen molar-refractivity contribution in [2.75, 3.05) is 31.6 Å². The largest absolute Gasteiger partial charge is 0.437 e. The van der Waals surface area contributed by atoms with Crippen molar-refractivity contribution >= 4 is 21.6 Å². The first-order chi connectivity index (χ1) is 15.3. The second-order valence-corrected chi connectivity index (χ2v) is 8.87. The molecular formula is C20H19FN4O6S. The minimum absolute atomic E-state index is 0.0365. The van der Waals surface area contributed by atoms with Crippen LogP contribution in [0, 0.1) is 5.82 Å². The minimum atomic E-state index is -3.72. The zero-order valence-electron chi connectivity index (χ0n) is 16.7. The Kier molecular flexibility index (Phi) is 6.17. The van der Waals surface area contributed by atoms with E-state index >= 15 is 0 Å². The first kappa shape index (κ1) is 21.9. The highest BCUT2D eigenvalue weighted by Gasteiger charge is 2.26. The predicted octanol–water partition coefficient (Wildman–Crippen LogP) is 1.30. The van der Waals surface area contributed by atoms with Crippen LogP contribution in [0.5, 0.6) is 0 Å². The van der Waals surface area contributed by atoms with Crippen LogP contribution in [0.25, 0.3) is 11.5 Å². The number of carbonyl (C=O) groups excluding carboxylic acids is 1. The predicted molar refractivity (Wildman–Crippen MR) is 111 cm³/mol. The fourth-order valence-corrected chi connectivity index (χ4v) is 4.58. The first-order valence-corrected chi connectivity index (χ1v) is 11.1. The van der Waals surface area contributed by atoms with Gasteiger partial charge in [-0.15, -0.1) is 5.10 Å². The zero-order chi connectivity index (χ0) is 22.7. The molecule has 0 atom stereocenters. The summed E-state index contributed by atoms with van der Waals surface area (Å²) in [6.07, 6.45) is 0. The maximum Gasteiger partial charge on any atom is 0.437 e. The number of sulfonamides is 1. The van der Waals surface area contributed by atoms with Crippen LogP contribution in [-0.4, -0.2) is 54.7 Å². The number of halogens is 1. The summed E-state index contributed by atoms with van der Waals surface area (Å²) in [4.78, 5) is 24.5. The van der Waals surface area contributed by atoms with Crippen LogP contribution in [0.1, 0.15) is 0 Å². The molecule has 1 amide bonds. The van der Waals surface area contributed by atoms with Gasteiger partial charge >= 0.3 is 5.76 Å². The number of nitrogens with zero attached hydrogens (tertiary/aromatic N) is 3. The van der Waals surface area contributed by atoms with Gasteiger partial charge in [0.15, 0.2) is 0 Å². The van der Waals surface area contributed by atoms with E-state index in [1.165, 1.54) is 52.8 Å². The van der Waals surface area contributed by atoms with E-state index in [0.29, 0.717) is 18.8 Å². The molecule has 1 N–H and O–H groups in total. The lowest BCUT2D eigenvalue weighted by atomic mass is 10.2. The molecule has 3 aromatic rings. The van der Waals surface area contributed by atoms with Gasteiger partial charge in [0.1, 0.15) is 12.4 Å². The Morgan fingerprint density at radius 2 is 1.84 bits per heavy atom. The summed E-state index contributed by atoms with van der Waals surface area (Å²) >= 11 is 0. The third kappa shape index (κ3) is 4.77. The standard InChI is InChI=1S/C20H19FN4O6S/c21-15-6-4-14(5-7-15)19-23-25(20(27)31-19)13-18(26)22-16-2-1-3-17(12-16)32(28,29)24-8-10-30-11-9-24/h1-7,12H,8-11,13H2,(H,22,26). The van der Waals surface area contributed by atoms with Crippen molar-refractivity contribution in [1.29, 1.82) is 0 Å². The van der Waals surface area contributed by atoms with Gasteiger partial charge in [-0.3, -0.25) is 4.79 Å². The minimum Gasteiger partial charge on any atom is -0.388 e. The van der Waals surface area contributed by atoms with Crippen LogP contribution in [-0.2, 0) is 26.1 Å². The van der Waals surface area contributed by atoms with Crippen molar-refractivity contribution < 1.29 is 26.8 Å². The van der Waals surface area contributed by atoms with Crippen molar-refractivity contribution in [2.24, 2.45) is 0 Å². The molecule has 1 aliphatic heterocycles. The lowest BCUT2D eigenvalue weighted by Gasteiger charge is -2.26. The summed E-state index contributed by atoms with van der Waals surface area (Å²) in [5.41, 5.74) is 0.628. The maximum atomic E-state index is 13.1. The van der Waals surface area contributed by atoms with Crippen LogP contribution < -0.4 is 11.1 Å². The molecule has 1 fully saturated rings. The van der Waals surface area contributed by atoms with Crippen LogP contribution in [0.15, 0.2) is 62.6 Å². The van der Waals surface area contributed by atoms with Gasteiger partial charge in [0, 0.05) is 24.3 Å².